The van der Waals surface area contributed by atoms with E-state index >= 15 is 0 Å². The number of nitrogens with zero attached hydrogens (tertiary/aromatic N) is 1. The van der Waals surface area contributed by atoms with Gasteiger partial charge in [0.1, 0.15) is 5.75 Å². The lowest BCUT2D eigenvalue weighted by Crippen LogP contribution is -2.24. The van der Waals surface area contributed by atoms with E-state index in [1.807, 2.05) is 48.5 Å². The molecule has 0 aliphatic heterocycles. The van der Waals surface area contributed by atoms with Crippen LogP contribution in [-0.2, 0) is 0 Å². The molecule has 0 aliphatic carbocycles. The lowest BCUT2D eigenvalue weighted by molar-refractivity contribution is 0.415. The van der Waals surface area contributed by atoms with Gasteiger partial charge < -0.3 is 4.74 Å². The first kappa shape index (κ1) is 11.5. The molecule has 17 heavy (non-hydrogen) atoms. The second-order valence-electron chi connectivity index (χ2n) is 3.90. The van der Waals surface area contributed by atoms with Crippen molar-refractivity contribution in [1.82, 2.24) is 0 Å². The van der Waals surface area contributed by atoms with E-state index in [2.05, 4.69) is 6.92 Å². The number of rotatable bonds is 3. The Hall–Kier alpha value is -2.00. The highest BCUT2D eigenvalue weighted by molar-refractivity contribution is 5.62. The quantitative estimate of drug-likeness (QED) is 0.648. The molecule has 2 aromatic rings. The lowest BCUT2D eigenvalue weighted by atomic mass is 10.2. The second-order valence-corrected chi connectivity index (χ2v) is 3.90. The van der Waals surface area contributed by atoms with Crippen molar-refractivity contribution in [3.05, 3.63) is 54.1 Å². The van der Waals surface area contributed by atoms with Crippen molar-refractivity contribution in [3.63, 3.8) is 0 Å². The Morgan fingerprint density at radius 1 is 0.882 bits per heavy atom. The Morgan fingerprint density at radius 3 is 1.82 bits per heavy atom. The predicted octanol–water partition coefficient (Wildman–Crippen LogP) is 3.02. The van der Waals surface area contributed by atoms with Gasteiger partial charge in [0.15, 0.2) is 0 Å². The maximum Gasteiger partial charge on any atom is 0.119 e. The number of aryl methyl sites for hydroxylation is 1. The van der Waals surface area contributed by atoms with Gasteiger partial charge in [-0.1, -0.05) is 17.7 Å². The summed E-state index contributed by atoms with van der Waals surface area (Å²) in [5.41, 5.74) is 3.10. The number of hydrogen-bond donors (Lipinski definition) is 1. The van der Waals surface area contributed by atoms with Gasteiger partial charge in [-0.25, -0.2) is 5.84 Å². The first-order valence-electron chi connectivity index (χ1n) is 5.46. The Bertz CT molecular complexity index is 477. The summed E-state index contributed by atoms with van der Waals surface area (Å²) in [6.07, 6.45) is 0. The molecule has 0 spiro atoms. The van der Waals surface area contributed by atoms with Crippen molar-refractivity contribution in [2.75, 3.05) is 12.1 Å². The van der Waals surface area contributed by atoms with Crippen LogP contribution < -0.4 is 15.6 Å². The number of methoxy groups -OCH3 is 1. The molecule has 88 valence electrons. The molecular weight excluding hydrogens is 212 g/mol. The van der Waals surface area contributed by atoms with E-state index < -0.39 is 0 Å². The minimum Gasteiger partial charge on any atom is -0.497 e. The maximum atomic E-state index is 6.05. The van der Waals surface area contributed by atoms with Crippen molar-refractivity contribution in [1.29, 1.82) is 0 Å². The zero-order valence-electron chi connectivity index (χ0n) is 10.1. The summed E-state index contributed by atoms with van der Waals surface area (Å²) in [5.74, 6) is 6.88. The molecule has 0 aliphatic rings. The summed E-state index contributed by atoms with van der Waals surface area (Å²) < 4.78 is 5.11. The highest BCUT2D eigenvalue weighted by Gasteiger charge is 2.04. The van der Waals surface area contributed by atoms with E-state index in [-0.39, 0.29) is 0 Å². The molecule has 0 heterocycles. The maximum absolute atomic E-state index is 6.05. The summed E-state index contributed by atoms with van der Waals surface area (Å²) >= 11 is 0. The molecule has 0 radical (unpaired) electrons. The van der Waals surface area contributed by atoms with Gasteiger partial charge in [-0.3, -0.25) is 5.01 Å². The fourth-order valence-corrected chi connectivity index (χ4v) is 1.60. The van der Waals surface area contributed by atoms with Gasteiger partial charge in [0.05, 0.1) is 18.5 Å². The molecule has 3 heteroatoms. The molecule has 2 aromatic carbocycles. The third-order valence-corrected chi connectivity index (χ3v) is 2.66. The van der Waals surface area contributed by atoms with Crippen LogP contribution in [0.2, 0.25) is 0 Å². The standard InChI is InChI=1S/C14H16N2O/c1-11-3-5-12(6-4-11)16(15)13-7-9-14(17-2)10-8-13/h3-10H,15H2,1-2H3. The van der Waals surface area contributed by atoms with Crippen molar-refractivity contribution in [2.24, 2.45) is 5.84 Å². The Balaban J connectivity index is 2.23. The van der Waals surface area contributed by atoms with Gasteiger partial charge in [0.25, 0.3) is 0 Å². The molecular formula is C14H16N2O. The molecule has 0 bridgehead atoms. The molecule has 2 rings (SSSR count). The fourth-order valence-electron chi connectivity index (χ4n) is 1.60. The van der Waals surface area contributed by atoms with E-state index in [1.54, 1.807) is 12.1 Å². The Kier molecular flexibility index (Phi) is 3.30. The van der Waals surface area contributed by atoms with Gasteiger partial charge in [0.2, 0.25) is 0 Å². The number of anilines is 2. The van der Waals surface area contributed by atoms with Crippen LogP contribution in [-0.4, -0.2) is 7.11 Å². The number of hydrogen-bond acceptors (Lipinski definition) is 3. The first-order valence-corrected chi connectivity index (χ1v) is 5.46. The molecule has 3 nitrogen and oxygen atoms in total. The minimum absolute atomic E-state index is 0.825. The molecule has 0 amide bonds. The molecule has 0 unspecified atom stereocenters. The summed E-state index contributed by atoms with van der Waals surface area (Å²) in [4.78, 5) is 0. The zero-order chi connectivity index (χ0) is 12.3. The SMILES string of the molecule is COc1ccc(N(N)c2ccc(C)cc2)cc1. The highest BCUT2D eigenvalue weighted by Crippen LogP contribution is 2.24. The average Bonchev–Trinajstić information content (AvgIpc) is 2.39. The number of nitrogens with two attached hydrogens (primary N) is 1. The van der Waals surface area contributed by atoms with E-state index in [1.165, 1.54) is 5.56 Å². The van der Waals surface area contributed by atoms with Gasteiger partial charge in [-0.05, 0) is 43.3 Å². The van der Waals surface area contributed by atoms with Gasteiger partial charge in [-0.2, -0.15) is 0 Å². The van der Waals surface area contributed by atoms with Crippen molar-refractivity contribution in [2.45, 2.75) is 6.92 Å². The minimum atomic E-state index is 0.825. The lowest BCUT2D eigenvalue weighted by Gasteiger charge is -2.19. The molecule has 0 atom stereocenters. The summed E-state index contributed by atoms with van der Waals surface area (Å²) in [6.45, 7) is 2.05. The normalized spacial score (nSPS) is 10.1. The van der Waals surface area contributed by atoms with Gasteiger partial charge in [-0.15, -0.1) is 0 Å². The summed E-state index contributed by atoms with van der Waals surface area (Å²) in [6, 6.07) is 15.7. The van der Waals surface area contributed by atoms with Crippen LogP contribution in [0.15, 0.2) is 48.5 Å². The van der Waals surface area contributed by atoms with Crippen LogP contribution in [0.1, 0.15) is 5.56 Å². The van der Waals surface area contributed by atoms with Crippen LogP contribution in [0, 0.1) is 6.92 Å². The van der Waals surface area contributed by atoms with Crippen LogP contribution in [0.25, 0.3) is 0 Å². The van der Waals surface area contributed by atoms with Crippen molar-refractivity contribution >= 4 is 11.4 Å². The van der Waals surface area contributed by atoms with Crippen molar-refractivity contribution in [3.8, 4) is 5.75 Å². The van der Waals surface area contributed by atoms with Crippen LogP contribution >= 0.6 is 0 Å². The Morgan fingerprint density at radius 2 is 1.35 bits per heavy atom. The first-order chi connectivity index (χ1) is 8.20. The van der Waals surface area contributed by atoms with Crippen molar-refractivity contribution < 1.29 is 4.74 Å². The fraction of sp³-hybridized carbons (Fsp3) is 0.143. The topological polar surface area (TPSA) is 38.5 Å². The smallest absolute Gasteiger partial charge is 0.119 e. The third kappa shape index (κ3) is 2.57. The largest absolute Gasteiger partial charge is 0.497 e. The zero-order valence-corrected chi connectivity index (χ0v) is 10.1. The molecule has 0 saturated carbocycles. The molecule has 0 aromatic heterocycles. The van der Waals surface area contributed by atoms with E-state index in [0.29, 0.717) is 0 Å². The molecule has 2 N–H and O–H groups in total. The van der Waals surface area contributed by atoms with Crippen LogP contribution in [0.5, 0.6) is 5.75 Å². The van der Waals surface area contributed by atoms with Gasteiger partial charge >= 0.3 is 0 Å². The third-order valence-electron chi connectivity index (χ3n) is 2.66. The number of ether oxygens (including phenoxy) is 1. The molecule has 0 saturated heterocycles. The van der Waals surface area contributed by atoms with E-state index in [4.69, 9.17) is 10.6 Å². The van der Waals surface area contributed by atoms with Crippen LogP contribution in [0.3, 0.4) is 0 Å². The predicted molar refractivity (Wildman–Crippen MR) is 70.5 cm³/mol. The van der Waals surface area contributed by atoms with Crippen LogP contribution in [0.4, 0.5) is 11.4 Å². The van der Waals surface area contributed by atoms with Gasteiger partial charge in [0, 0.05) is 0 Å². The number of benzene rings is 2. The molecule has 0 fully saturated rings. The summed E-state index contributed by atoms with van der Waals surface area (Å²) in [7, 11) is 1.65. The monoisotopic (exact) mass is 228 g/mol. The average molecular weight is 228 g/mol. The highest BCUT2D eigenvalue weighted by atomic mass is 16.5. The Labute approximate surface area is 101 Å². The van der Waals surface area contributed by atoms with E-state index in [9.17, 15) is 0 Å². The summed E-state index contributed by atoms with van der Waals surface area (Å²) in [5, 5.41) is 1.65. The van der Waals surface area contributed by atoms with E-state index in [0.717, 1.165) is 17.1 Å². The second kappa shape index (κ2) is 4.89. The number of hydrazine groups is 1.